The molecule has 4 nitrogen and oxygen atoms in total. The highest BCUT2D eigenvalue weighted by atomic mass is 19.1. The van der Waals surface area contributed by atoms with Crippen LogP contribution in [0.2, 0.25) is 0 Å². The molecule has 0 atom stereocenters. The predicted molar refractivity (Wildman–Crippen MR) is 97.1 cm³/mol. The fourth-order valence-corrected chi connectivity index (χ4v) is 2.45. The van der Waals surface area contributed by atoms with Crippen molar-refractivity contribution >= 4 is 17.3 Å². The Balaban J connectivity index is 1.67. The molecule has 0 radical (unpaired) electrons. The van der Waals surface area contributed by atoms with Gasteiger partial charge in [0.25, 0.3) is 5.91 Å². The highest BCUT2D eigenvalue weighted by molar-refractivity contribution is 6.03. The lowest BCUT2D eigenvalue weighted by molar-refractivity contribution is 0.102. The number of halogens is 1. The molecule has 0 aliphatic carbocycles. The second-order valence-electron chi connectivity index (χ2n) is 5.74. The minimum atomic E-state index is -0.403. The van der Waals surface area contributed by atoms with Crippen molar-refractivity contribution in [3.8, 4) is 0 Å². The van der Waals surface area contributed by atoms with Gasteiger partial charge in [-0.2, -0.15) is 0 Å². The zero-order chi connectivity index (χ0) is 17.6. The maximum atomic E-state index is 13.2. The molecule has 3 aromatic rings. The van der Waals surface area contributed by atoms with Crippen molar-refractivity contribution in [1.29, 1.82) is 0 Å². The first-order valence-corrected chi connectivity index (χ1v) is 7.92. The van der Waals surface area contributed by atoms with Crippen LogP contribution in [0, 0.1) is 12.7 Å². The first-order valence-electron chi connectivity index (χ1n) is 7.92. The van der Waals surface area contributed by atoms with Crippen LogP contribution in [-0.2, 0) is 6.54 Å². The number of aryl methyl sites for hydroxylation is 1. The largest absolute Gasteiger partial charge is 0.381 e. The summed E-state index contributed by atoms with van der Waals surface area (Å²) in [7, 11) is 0. The zero-order valence-corrected chi connectivity index (χ0v) is 13.8. The summed E-state index contributed by atoms with van der Waals surface area (Å²) in [6, 6.07) is 17.4. The van der Waals surface area contributed by atoms with Crippen LogP contribution in [0.1, 0.15) is 21.6 Å². The van der Waals surface area contributed by atoms with Crippen LogP contribution >= 0.6 is 0 Å². The third-order valence-electron chi connectivity index (χ3n) is 3.65. The molecule has 25 heavy (non-hydrogen) atoms. The van der Waals surface area contributed by atoms with Gasteiger partial charge in [0, 0.05) is 24.1 Å². The zero-order valence-electron chi connectivity index (χ0n) is 13.8. The van der Waals surface area contributed by atoms with Crippen LogP contribution in [0.3, 0.4) is 0 Å². The first kappa shape index (κ1) is 16.6. The number of nitrogens with zero attached hydrogens (tertiary/aromatic N) is 1. The summed E-state index contributed by atoms with van der Waals surface area (Å²) in [5, 5.41) is 5.91. The smallest absolute Gasteiger partial charge is 0.274 e. The van der Waals surface area contributed by atoms with E-state index in [9.17, 15) is 9.18 Å². The van der Waals surface area contributed by atoms with Gasteiger partial charge >= 0.3 is 0 Å². The molecule has 1 aromatic heterocycles. The van der Waals surface area contributed by atoms with Crippen molar-refractivity contribution in [2.45, 2.75) is 13.5 Å². The molecule has 0 aliphatic heterocycles. The van der Waals surface area contributed by atoms with Gasteiger partial charge in [-0.25, -0.2) is 4.39 Å². The summed E-state index contributed by atoms with van der Waals surface area (Å²) in [5.74, 6) is -0.788. The molecular weight excluding hydrogens is 317 g/mol. The van der Waals surface area contributed by atoms with E-state index in [2.05, 4.69) is 21.7 Å². The van der Waals surface area contributed by atoms with E-state index in [1.54, 1.807) is 24.4 Å². The van der Waals surface area contributed by atoms with Gasteiger partial charge in [-0.05, 0) is 42.8 Å². The Hall–Kier alpha value is -3.21. The third-order valence-corrected chi connectivity index (χ3v) is 3.65. The van der Waals surface area contributed by atoms with Gasteiger partial charge in [0.2, 0.25) is 0 Å². The number of rotatable bonds is 5. The maximum Gasteiger partial charge on any atom is 0.274 e. The summed E-state index contributed by atoms with van der Waals surface area (Å²) >= 11 is 0. The molecule has 1 heterocycles. The van der Waals surface area contributed by atoms with Crippen molar-refractivity contribution in [1.82, 2.24) is 4.98 Å². The SMILES string of the molecule is Cc1cccc(CNc2ccnc(C(=O)Nc3cccc(F)c3)c2)c1. The van der Waals surface area contributed by atoms with E-state index in [4.69, 9.17) is 0 Å². The Kier molecular flexibility index (Phi) is 5.04. The number of amides is 1. The summed E-state index contributed by atoms with van der Waals surface area (Å²) in [6.07, 6.45) is 1.57. The van der Waals surface area contributed by atoms with Crippen LogP contribution in [0.15, 0.2) is 66.9 Å². The van der Waals surface area contributed by atoms with Crippen LogP contribution < -0.4 is 10.6 Å². The number of carbonyl (C=O) groups is 1. The lowest BCUT2D eigenvalue weighted by Crippen LogP contribution is -2.14. The Morgan fingerprint density at radius 2 is 1.88 bits per heavy atom. The van der Waals surface area contributed by atoms with Gasteiger partial charge in [-0.15, -0.1) is 0 Å². The van der Waals surface area contributed by atoms with Crippen LogP contribution in [0.5, 0.6) is 0 Å². The van der Waals surface area contributed by atoms with E-state index in [0.29, 0.717) is 12.2 Å². The lowest BCUT2D eigenvalue weighted by Gasteiger charge is -2.09. The number of benzene rings is 2. The molecule has 0 spiro atoms. The minimum absolute atomic E-state index is 0.263. The Bertz CT molecular complexity index is 895. The fourth-order valence-electron chi connectivity index (χ4n) is 2.45. The summed E-state index contributed by atoms with van der Waals surface area (Å²) in [5.41, 5.74) is 3.80. The van der Waals surface area contributed by atoms with Gasteiger partial charge in [0.15, 0.2) is 0 Å². The van der Waals surface area contributed by atoms with Gasteiger partial charge < -0.3 is 10.6 Å². The molecule has 0 bridgehead atoms. The lowest BCUT2D eigenvalue weighted by atomic mass is 10.1. The van der Waals surface area contributed by atoms with Crippen molar-refractivity contribution in [3.05, 3.63) is 89.5 Å². The molecule has 126 valence electrons. The quantitative estimate of drug-likeness (QED) is 0.727. The molecule has 3 rings (SSSR count). The van der Waals surface area contributed by atoms with E-state index in [-0.39, 0.29) is 11.6 Å². The number of carbonyl (C=O) groups excluding carboxylic acids is 1. The Labute approximate surface area is 145 Å². The third kappa shape index (κ3) is 4.64. The van der Waals surface area contributed by atoms with Crippen LogP contribution in [0.25, 0.3) is 0 Å². The van der Waals surface area contributed by atoms with Crippen molar-refractivity contribution in [3.63, 3.8) is 0 Å². The highest BCUT2D eigenvalue weighted by Gasteiger charge is 2.09. The molecule has 0 saturated carbocycles. The standard InChI is InChI=1S/C20H18FN3O/c1-14-4-2-5-15(10-14)13-23-17-8-9-22-19(12-17)20(25)24-18-7-3-6-16(21)11-18/h2-12H,13H2,1H3,(H,22,23)(H,24,25). The number of hydrogen-bond acceptors (Lipinski definition) is 3. The number of pyridine rings is 1. The van der Waals surface area contributed by atoms with Gasteiger partial charge in [0.1, 0.15) is 11.5 Å². The van der Waals surface area contributed by atoms with E-state index in [0.717, 1.165) is 11.3 Å². The molecule has 5 heteroatoms. The van der Waals surface area contributed by atoms with Crippen LogP contribution in [-0.4, -0.2) is 10.9 Å². The molecular formula is C20H18FN3O. The molecule has 0 saturated heterocycles. The van der Waals surface area contributed by atoms with E-state index in [1.165, 1.54) is 23.8 Å². The van der Waals surface area contributed by atoms with E-state index < -0.39 is 5.82 Å². The molecule has 0 aliphatic rings. The van der Waals surface area contributed by atoms with Crippen molar-refractivity contribution in [2.75, 3.05) is 10.6 Å². The number of nitrogens with one attached hydrogen (secondary N) is 2. The fraction of sp³-hybridized carbons (Fsp3) is 0.100. The molecule has 2 N–H and O–H groups in total. The van der Waals surface area contributed by atoms with E-state index >= 15 is 0 Å². The molecule has 1 amide bonds. The predicted octanol–water partition coefficient (Wildman–Crippen LogP) is 4.39. The maximum absolute atomic E-state index is 13.2. The Morgan fingerprint density at radius 3 is 2.68 bits per heavy atom. The monoisotopic (exact) mass is 335 g/mol. The summed E-state index contributed by atoms with van der Waals surface area (Å²) in [6.45, 7) is 2.70. The molecule has 0 fully saturated rings. The van der Waals surface area contributed by atoms with Gasteiger partial charge in [0.05, 0.1) is 0 Å². The van der Waals surface area contributed by atoms with Gasteiger partial charge in [-0.3, -0.25) is 9.78 Å². The summed E-state index contributed by atoms with van der Waals surface area (Å²) < 4.78 is 13.2. The summed E-state index contributed by atoms with van der Waals surface area (Å²) in [4.78, 5) is 16.4. The second-order valence-corrected chi connectivity index (χ2v) is 5.74. The van der Waals surface area contributed by atoms with Crippen molar-refractivity contribution < 1.29 is 9.18 Å². The van der Waals surface area contributed by atoms with Gasteiger partial charge in [-0.1, -0.05) is 35.9 Å². The first-order chi connectivity index (χ1) is 12.1. The number of aromatic nitrogens is 1. The number of anilines is 2. The minimum Gasteiger partial charge on any atom is -0.381 e. The molecule has 2 aromatic carbocycles. The normalized spacial score (nSPS) is 10.3. The number of hydrogen-bond donors (Lipinski definition) is 2. The van der Waals surface area contributed by atoms with E-state index in [1.807, 2.05) is 25.1 Å². The highest BCUT2D eigenvalue weighted by Crippen LogP contribution is 2.14. The Morgan fingerprint density at radius 1 is 1.04 bits per heavy atom. The average molecular weight is 335 g/mol. The second kappa shape index (κ2) is 7.57. The van der Waals surface area contributed by atoms with Crippen molar-refractivity contribution in [2.24, 2.45) is 0 Å². The average Bonchev–Trinajstić information content (AvgIpc) is 2.60. The van der Waals surface area contributed by atoms with Crippen LogP contribution in [0.4, 0.5) is 15.8 Å². The molecule has 0 unspecified atom stereocenters. The topological polar surface area (TPSA) is 54.0 Å².